The van der Waals surface area contributed by atoms with Gasteiger partial charge in [0.15, 0.2) is 0 Å². The zero-order chi connectivity index (χ0) is 21.0. The minimum atomic E-state index is -0.472. The number of amides is 1. The first kappa shape index (κ1) is 20.5. The molecule has 150 valence electrons. The molecule has 0 unspecified atom stereocenters. The van der Waals surface area contributed by atoms with Crippen LogP contribution in [0.2, 0.25) is 5.02 Å². The zero-order valence-corrected chi connectivity index (χ0v) is 16.9. The van der Waals surface area contributed by atoms with Crippen molar-refractivity contribution in [3.63, 3.8) is 0 Å². The van der Waals surface area contributed by atoms with Gasteiger partial charge in [-0.15, -0.1) is 0 Å². The molecule has 1 heterocycles. The number of anilines is 1. The number of likely N-dealkylation sites (N-methyl/N-ethyl adjacent to an activating group) is 1. The molecule has 0 spiro atoms. The standard InChI is InChI=1S/C21H21ClN4O3/c1-3-4-11-23-13-18-21(27)25(2)19-10-9-14(26(28)29)12-16(19)20(24-18)15-7-5-6-8-17(15)22/h5-10,12-13,23H,3-4,11H2,1-2H3. The van der Waals surface area contributed by atoms with Crippen molar-refractivity contribution in [2.45, 2.75) is 19.8 Å². The smallest absolute Gasteiger partial charge is 0.278 e. The van der Waals surface area contributed by atoms with Crippen LogP contribution in [0.3, 0.4) is 0 Å². The largest absolute Gasteiger partial charge is 0.389 e. The summed E-state index contributed by atoms with van der Waals surface area (Å²) in [7, 11) is 1.62. The number of nitro groups is 1. The number of non-ortho nitro benzene ring substituents is 1. The van der Waals surface area contributed by atoms with Crippen molar-refractivity contribution in [1.29, 1.82) is 0 Å². The van der Waals surface area contributed by atoms with Crippen molar-refractivity contribution in [2.24, 2.45) is 4.99 Å². The summed E-state index contributed by atoms with van der Waals surface area (Å²) in [6, 6.07) is 11.5. The van der Waals surface area contributed by atoms with Crippen molar-refractivity contribution in [2.75, 3.05) is 18.5 Å². The Morgan fingerprint density at radius 2 is 2.00 bits per heavy atom. The average molecular weight is 413 g/mol. The molecule has 7 nitrogen and oxygen atoms in total. The lowest BCUT2D eigenvalue weighted by atomic mass is 9.99. The first-order valence-corrected chi connectivity index (χ1v) is 9.65. The van der Waals surface area contributed by atoms with Crippen LogP contribution < -0.4 is 10.2 Å². The number of benzodiazepines with no additional fused rings is 1. The van der Waals surface area contributed by atoms with Gasteiger partial charge in [-0.1, -0.05) is 43.1 Å². The van der Waals surface area contributed by atoms with E-state index in [-0.39, 0.29) is 17.3 Å². The second-order valence-corrected chi connectivity index (χ2v) is 7.01. The minimum absolute atomic E-state index is 0.0853. The minimum Gasteiger partial charge on any atom is -0.389 e. The van der Waals surface area contributed by atoms with E-state index in [1.165, 1.54) is 17.0 Å². The van der Waals surface area contributed by atoms with E-state index in [0.717, 1.165) is 12.8 Å². The van der Waals surface area contributed by atoms with Crippen molar-refractivity contribution in [3.8, 4) is 0 Å². The Morgan fingerprint density at radius 3 is 2.69 bits per heavy atom. The molecule has 29 heavy (non-hydrogen) atoms. The summed E-state index contributed by atoms with van der Waals surface area (Å²) in [4.78, 5) is 29.9. The molecule has 0 aromatic heterocycles. The Labute approximate surface area is 173 Å². The normalized spacial score (nSPS) is 15.0. The highest BCUT2D eigenvalue weighted by atomic mass is 35.5. The number of hydrogen-bond donors (Lipinski definition) is 1. The number of nitrogens with one attached hydrogen (secondary N) is 1. The fraction of sp³-hybridized carbons (Fsp3) is 0.238. The van der Waals surface area contributed by atoms with Crippen LogP contribution in [-0.4, -0.2) is 30.1 Å². The molecule has 1 N–H and O–H groups in total. The van der Waals surface area contributed by atoms with Crippen molar-refractivity contribution < 1.29 is 9.72 Å². The van der Waals surface area contributed by atoms with E-state index in [2.05, 4.69) is 17.2 Å². The van der Waals surface area contributed by atoms with Gasteiger partial charge in [-0.2, -0.15) is 0 Å². The van der Waals surface area contributed by atoms with Crippen LogP contribution in [0, 0.1) is 10.1 Å². The molecule has 1 aliphatic rings. The first-order chi connectivity index (χ1) is 13.9. The third kappa shape index (κ3) is 4.30. The van der Waals surface area contributed by atoms with E-state index in [4.69, 9.17) is 11.6 Å². The molecular weight excluding hydrogens is 392 g/mol. The molecule has 0 atom stereocenters. The predicted molar refractivity (Wildman–Crippen MR) is 115 cm³/mol. The highest BCUT2D eigenvalue weighted by molar-refractivity contribution is 6.36. The topological polar surface area (TPSA) is 87.8 Å². The van der Waals surface area contributed by atoms with Gasteiger partial charge in [-0.05, 0) is 18.6 Å². The highest BCUT2D eigenvalue weighted by Crippen LogP contribution is 2.33. The molecule has 1 aliphatic heterocycles. The maximum absolute atomic E-state index is 13.0. The molecule has 0 aliphatic carbocycles. The van der Waals surface area contributed by atoms with Gasteiger partial charge in [0, 0.05) is 48.1 Å². The number of nitrogens with zero attached hydrogens (tertiary/aromatic N) is 3. The van der Waals surface area contributed by atoms with Crippen LogP contribution in [0.5, 0.6) is 0 Å². The Kier molecular flexibility index (Phi) is 6.29. The Bertz CT molecular complexity index is 1020. The SMILES string of the molecule is CCCCNC=C1N=C(c2ccccc2Cl)c2cc([N+](=O)[O-])ccc2N(C)C1=O. The first-order valence-electron chi connectivity index (χ1n) is 9.28. The van der Waals surface area contributed by atoms with E-state index in [1.807, 2.05) is 0 Å². The second-order valence-electron chi connectivity index (χ2n) is 6.60. The maximum Gasteiger partial charge on any atom is 0.278 e. The molecule has 2 aromatic rings. The molecule has 0 radical (unpaired) electrons. The fourth-order valence-corrected chi connectivity index (χ4v) is 3.25. The predicted octanol–water partition coefficient (Wildman–Crippen LogP) is 4.29. The fourth-order valence-electron chi connectivity index (χ4n) is 3.03. The molecule has 0 saturated carbocycles. The number of rotatable bonds is 6. The molecule has 3 rings (SSSR count). The summed E-state index contributed by atoms with van der Waals surface area (Å²) < 4.78 is 0. The van der Waals surface area contributed by atoms with Gasteiger partial charge in [0.1, 0.15) is 5.70 Å². The molecule has 8 heteroatoms. The van der Waals surface area contributed by atoms with Gasteiger partial charge in [0.25, 0.3) is 11.6 Å². The quantitative estimate of drug-likeness (QED) is 0.331. The van der Waals surface area contributed by atoms with Crippen LogP contribution in [0.15, 0.2) is 59.4 Å². The summed E-state index contributed by atoms with van der Waals surface area (Å²) in [6.45, 7) is 2.79. The molecule has 2 aromatic carbocycles. The lowest BCUT2D eigenvalue weighted by Gasteiger charge is -2.18. The van der Waals surface area contributed by atoms with Crippen molar-refractivity contribution in [3.05, 3.63) is 80.6 Å². The van der Waals surface area contributed by atoms with E-state index in [1.54, 1.807) is 43.6 Å². The van der Waals surface area contributed by atoms with Gasteiger partial charge < -0.3 is 10.2 Å². The number of benzene rings is 2. The van der Waals surface area contributed by atoms with Gasteiger partial charge >= 0.3 is 0 Å². The summed E-state index contributed by atoms with van der Waals surface area (Å²) in [5, 5.41) is 14.9. The number of aliphatic imine (C=N–C) groups is 1. The van der Waals surface area contributed by atoms with Crippen molar-refractivity contribution >= 4 is 34.6 Å². The van der Waals surface area contributed by atoms with Gasteiger partial charge in [-0.3, -0.25) is 14.9 Å². The van der Waals surface area contributed by atoms with Gasteiger partial charge in [0.05, 0.1) is 16.3 Å². The van der Waals surface area contributed by atoms with Crippen LogP contribution in [-0.2, 0) is 4.79 Å². The van der Waals surface area contributed by atoms with E-state index < -0.39 is 4.92 Å². The number of hydrogen-bond acceptors (Lipinski definition) is 5. The number of unbranched alkanes of at least 4 members (excludes halogenated alkanes) is 1. The lowest BCUT2D eigenvalue weighted by molar-refractivity contribution is -0.384. The van der Waals surface area contributed by atoms with E-state index in [9.17, 15) is 14.9 Å². The number of carbonyl (C=O) groups excluding carboxylic acids is 1. The van der Waals surface area contributed by atoms with E-state index in [0.29, 0.717) is 34.1 Å². The molecule has 0 bridgehead atoms. The van der Waals surface area contributed by atoms with Gasteiger partial charge in [0.2, 0.25) is 0 Å². The van der Waals surface area contributed by atoms with Crippen LogP contribution in [0.4, 0.5) is 11.4 Å². The Hall–Kier alpha value is -3.19. The number of halogens is 1. The zero-order valence-electron chi connectivity index (χ0n) is 16.2. The lowest BCUT2D eigenvalue weighted by Crippen LogP contribution is -2.27. The number of fused-ring (bicyclic) bond motifs is 1. The Balaban J connectivity index is 2.22. The molecule has 0 saturated heterocycles. The summed E-state index contributed by atoms with van der Waals surface area (Å²) in [5.74, 6) is -0.314. The third-order valence-corrected chi connectivity index (χ3v) is 4.94. The van der Waals surface area contributed by atoms with Crippen LogP contribution in [0.25, 0.3) is 0 Å². The summed E-state index contributed by atoms with van der Waals surface area (Å²) in [5.41, 5.74) is 2.13. The summed E-state index contributed by atoms with van der Waals surface area (Å²) in [6.07, 6.45) is 3.57. The van der Waals surface area contributed by atoms with E-state index >= 15 is 0 Å². The van der Waals surface area contributed by atoms with Crippen LogP contribution >= 0.6 is 11.6 Å². The summed E-state index contributed by atoms with van der Waals surface area (Å²) >= 11 is 6.40. The molecule has 0 fully saturated rings. The van der Waals surface area contributed by atoms with Crippen LogP contribution in [0.1, 0.15) is 30.9 Å². The molecule has 1 amide bonds. The molecular formula is C21H21ClN4O3. The van der Waals surface area contributed by atoms with Crippen molar-refractivity contribution in [1.82, 2.24) is 5.32 Å². The van der Waals surface area contributed by atoms with Gasteiger partial charge in [-0.25, -0.2) is 4.99 Å². The second kappa shape index (κ2) is 8.87. The number of carbonyl (C=O) groups is 1. The third-order valence-electron chi connectivity index (χ3n) is 4.61. The maximum atomic E-state index is 13.0. The highest BCUT2D eigenvalue weighted by Gasteiger charge is 2.28. The number of nitro benzene ring substituents is 1. The average Bonchev–Trinajstić information content (AvgIpc) is 2.81. The Morgan fingerprint density at radius 1 is 1.24 bits per heavy atom. The monoisotopic (exact) mass is 412 g/mol.